The Kier molecular flexibility index (Phi) is 5.18. The summed E-state index contributed by atoms with van der Waals surface area (Å²) in [7, 11) is 0. The second-order valence-electron chi connectivity index (χ2n) is 6.55. The predicted octanol–water partition coefficient (Wildman–Crippen LogP) is 3.62. The summed E-state index contributed by atoms with van der Waals surface area (Å²) >= 11 is 1.73. The van der Waals surface area contributed by atoms with Gasteiger partial charge >= 0.3 is 0 Å². The lowest BCUT2D eigenvalue weighted by atomic mass is 10.1. The van der Waals surface area contributed by atoms with E-state index in [0.717, 1.165) is 49.2 Å². The van der Waals surface area contributed by atoms with Gasteiger partial charge < -0.3 is 9.64 Å². The molecule has 3 aromatic rings. The Balaban J connectivity index is 1.30. The second-order valence-corrected chi connectivity index (χ2v) is 7.33. The zero-order valence-electron chi connectivity index (χ0n) is 14.6. The van der Waals surface area contributed by atoms with Crippen LogP contribution in [0.25, 0.3) is 10.8 Å². The number of ether oxygens (including phenoxy) is 1. The highest BCUT2D eigenvalue weighted by molar-refractivity contribution is 7.07. The van der Waals surface area contributed by atoms with Crippen LogP contribution < -0.4 is 4.74 Å². The van der Waals surface area contributed by atoms with Crippen molar-refractivity contribution in [1.82, 2.24) is 9.80 Å². The van der Waals surface area contributed by atoms with E-state index >= 15 is 0 Å². The fraction of sp³-hybridized carbons (Fsp3) is 0.286. The molecule has 4 rings (SSSR count). The first kappa shape index (κ1) is 17.1. The number of piperazine rings is 1. The average Bonchev–Trinajstić information content (AvgIpc) is 3.19. The molecule has 0 spiro atoms. The van der Waals surface area contributed by atoms with E-state index in [9.17, 15) is 4.79 Å². The third-order valence-corrected chi connectivity index (χ3v) is 5.54. The molecule has 134 valence electrons. The van der Waals surface area contributed by atoms with E-state index in [2.05, 4.69) is 33.9 Å². The summed E-state index contributed by atoms with van der Waals surface area (Å²) in [5.41, 5.74) is 1.36. The maximum absolute atomic E-state index is 12.5. The molecule has 4 nitrogen and oxygen atoms in total. The third-order valence-electron chi connectivity index (χ3n) is 4.81. The first-order valence-electron chi connectivity index (χ1n) is 8.91. The van der Waals surface area contributed by atoms with E-state index in [1.807, 2.05) is 35.2 Å². The van der Waals surface area contributed by atoms with Gasteiger partial charge in [-0.1, -0.05) is 36.4 Å². The summed E-state index contributed by atoms with van der Waals surface area (Å²) in [6.45, 7) is 4.42. The van der Waals surface area contributed by atoms with Crippen molar-refractivity contribution in [3.8, 4) is 5.75 Å². The van der Waals surface area contributed by atoms with Crippen molar-refractivity contribution in [2.75, 3.05) is 32.8 Å². The smallest absolute Gasteiger partial charge is 0.260 e. The molecule has 26 heavy (non-hydrogen) atoms. The van der Waals surface area contributed by atoms with Crippen LogP contribution in [0.4, 0.5) is 0 Å². The van der Waals surface area contributed by atoms with Gasteiger partial charge in [0, 0.05) is 38.1 Å². The molecular formula is C21H22N2O2S. The van der Waals surface area contributed by atoms with E-state index in [1.165, 1.54) is 5.56 Å². The van der Waals surface area contributed by atoms with Crippen molar-refractivity contribution in [3.05, 3.63) is 64.9 Å². The summed E-state index contributed by atoms with van der Waals surface area (Å²) in [6, 6.07) is 16.2. The largest absolute Gasteiger partial charge is 0.483 e. The topological polar surface area (TPSA) is 32.8 Å². The number of fused-ring (bicyclic) bond motifs is 1. The van der Waals surface area contributed by atoms with Crippen LogP contribution in [0.15, 0.2) is 59.3 Å². The Morgan fingerprint density at radius 1 is 1.00 bits per heavy atom. The molecule has 0 aliphatic carbocycles. The molecule has 0 saturated carbocycles. The highest BCUT2D eigenvalue weighted by Crippen LogP contribution is 2.25. The van der Waals surface area contributed by atoms with Crippen LogP contribution in [0.3, 0.4) is 0 Å². The molecule has 2 heterocycles. The maximum Gasteiger partial charge on any atom is 0.260 e. The van der Waals surface area contributed by atoms with Gasteiger partial charge in [-0.2, -0.15) is 11.3 Å². The maximum atomic E-state index is 12.5. The van der Waals surface area contributed by atoms with Crippen LogP contribution in [0, 0.1) is 0 Å². The lowest BCUT2D eigenvalue weighted by Crippen LogP contribution is -2.49. The van der Waals surface area contributed by atoms with Gasteiger partial charge in [0.15, 0.2) is 6.61 Å². The first-order valence-corrected chi connectivity index (χ1v) is 9.86. The van der Waals surface area contributed by atoms with Gasteiger partial charge in [0.25, 0.3) is 5.91 Å². The molecule has 1 aliphatic heterocycles. The van der Waals surface area contributed by atoms with E-state index in [4.69, 9.17) is 4.74 Å². The number of nitrogens with zero attached hydrogens (tertiary/aromatic N) is 2. The molecule has 1 aliphatic rings. The Hall–Kier alpha value is -2.37. The van der Waals surface area contributed by atoms with Gasteiger partial charge in [-0.15, -0.1) is 0 Å². The molecule has 0 radical (unpaired) electrons. The van der Waals surface area contributed by atoms with Gasteiger partial charge in [0.05, 0.1) is 0 Å². The molecule has 0 unspecified atom stereocenters. The van der Waals surface area contributed by atoms with Crippen molar-refractivity contribution in [2.24, 2.45) is 0 Å². The summed E-state index contributed by atoms with van der Waals surface area (Å²) in [5.74, 6) is 0.834. The molecule has 1 aromatic heterocycles. The predicted molar refractivity (Wildman–Crippen MR) is 106 cm³/mol. The Morgan fingerprint density at radius 3 is 2.62 bits per heavy atom. The normalized spacial score (nSPS) is 15.3. The average molecular weight is 366 g/mol. The van der Waals surface area contributed by atoms with E-state index in [-0.39, 0.29) is 12.5 Å². The second kappa shape index (κ2) is 7.89. The lowest BCUT2D eigenvalue weighted by molar-refractivity contribution is -0.135. The van der Waals surface area contributed by atoms with Gasteiger partial charge in [-0.3, -0.25) is 9.69 Å². The highest BCUT2D eigenvalue weighted by Gasteiger charge is 2.21. The van der Waals surface area contributed by atoms with Crippen molar-refractivity contribution in [3.63, 3.8) is 0 Å². The van der Waals surface area contributed by atoms with E-state index < -0.39 is 0 Å². The molecule has 0 N–H and O–H groups in total. The quantitative estimate of drug-likeness (QED) is 0.691. The molecule has 0 bridgehead atoms. The fourth-order valence-corrected chi connectivity index (χ4v) is 4.01. The minimum atomic E-state index is 0.0631. The summed E-state index contributed by atoms with van der Waals surface area (Å²) < 4.78 is 5.84. The zero-order valence-corrected chi connectivity index (χ0v) is 15.5. The zero-order chi connectivity index (χ0) is 17.8. The van der Waals surface area contributed by atoms with Gasteiger partial charge in [0.1, 0.15) is 5.75 Å². The van der Waals surface area contributed by atoms with Gasteiger partial charge in [-0.05, 0) is 33.8 Å². The molecule has 0 atom stereocenters. The molecule has 5 heteroatoms. The van der Waals surface area contributed by atoms with Crippen LogP contribution >= 0.6 is 11.3 Å². The number of hydrogen-bond donors (Lipinski definition) is 0. The van der Waals surface area contributed by atoms with Crippen LogP contribution in [-0.2, 0) is 11.3 Å². The Morgan fingerprint density at radius 2 is 1.81 bits per heavy atom. The summed E-state index contributed by atoms with van der Waals surface area (Å²) in [5, 5.41) is 6.47. The monoisotopic (exact) mass is 366 g/mol. The summed E-state index contributed by atoms with van der Waals surface area (Å²) in [6.07, 6.45) is 0. The number of benzene rings is 2. The van der Waals surface area contributed by atoms with Gasteiger partial charge in [-0.25, -0.2) is 0 Å². The van der Waals surface area contributed by atoms with Crippen molar-refractivity contribution in [1.29, 1.82) is 0 Å². The summed E-state index contributed by atoms with van der Waals surface area (Å²) in [4.78, 5) is 16.8. The molecule has 1 fully saturated rings. The minimum absolute atomic E-state index is 0.0631. The van der Waals surface area contributed by atoms with E-state index in [0.29, 0.717) is 0 Å². The van der Waals surface area contributed by atoms with E-state index in [1.54, 1.807) is 11.3 Å². The number of carbonyl (C=O) groups is 1. The number of rotatable bonds is 5. The number of thiophene rings is 1. The molecule has 1 saturated heterocycles. The molecular weight excluding hydrogens is 344 g/mol. The molecule has 1 amide bonds. The minimum Gasteiger partial charge on any atom is -0.483 e. The van der Waals surface area contributed by atoms with Gasteiger partial charge in [0.2, 0.25) is 0 Å². The van der Waals surface area contributed by atoms with Crippen molar-refractivity contribution >= 4 is 28.0 Å². The Bertz CT molecular complexity index is 865. The Labute approximate surface area is 157 Å². The van der Waals surface area contributed by atoms with Crippen molar-refractivity contribution in [2.45, 2.75) is 6.54 Å². The number of amides is 1. The van der Waals surface area contributed by atoms with Crippen LogP contribution in [0.1, 0.15) is 5.56 Å². The van der Waals surface area contributed by atoms with Crippen LogP contribution in [0.2, 0.25) is 0 Å². The fourth-order valence-electron chi connectivity index (χ4n) is 3.35. The highest BCUT2D eigenvalue weighted by atomic mass is 32.1. The standard InChI is InChI=1S/C21H22N2O2S/c24-21(15-25-20-7-3-5-18-4-1-2-6-19(18)20)23-11-9-22(10-12-23)14-17-8-13-26-16-17/h1-8,13,16H,9-12,14-15H2. The number of hydrogen-bond acceptors (Lipinski definition) is 4. The SMILES string of the molecule is O=C(COc1cccc2ccccc12)N1CCN(Cc2ccsc2)CC1. The first-order chi connectivity index (χ1) is 12.8. The van der Waals surface area contributed by atoms with Crippen LogP contribution in [-0.4, -0.2) is 48.5 Å². The lowest BCUT2D eigenvalue weighted by Gasteiger charge is -2.34. The number of carbonyl (C=O) groups excluding carboxylic acids is 1. The van der Waals surface area contributed by atoms with Crippen LogP contribution in [0.5, 0.6) is 5.75 Å². The third kappa shape index (κ3) is 3.89. The van der Waals surface area contributed by atoms with Crippen molar-refractivity contribution < 1.29 is 9.53 Å². The molecule has 2 aromatic carbocycles.